The summed E-state index contributed by atoms with van der Waals surface area (Å²) >= 11 is 0. The summed E-state index contributed by atoms with van der Waals surface area (Å²) in [7, 11) is 5.07. The summed E-state index contributed by atoms with van der Waals surface area (Å²) in [6, 6.07) is 11.3. The highest BCUT2D eigenvalue weighted by atomic mass is 127. The first-order valence-electron chi connectivity index (χ1n) is 9.72. The summed E-state index contributed by atoms with van der Waals surface area (Å²) in [4.78, 5) is 6.63. The van der Waals surface area contributed by atoms with E-state index in [0.717, 1.165) is 48.2 Å². The molecular formula is C22H30FIN4O2. The molecule has 3 rings (SSSR count). The van der Waals surface area contributed by atoms with Gasteiger partial charge in [-0.2, -0.15) is 0 Å². The van der Waals surface area contributed by atoms with Gasteiger partial charge in [-0.15, -0.1) is 24.0 Å². The van der Waals surface area contributed by atoms with Crippen molar-refractivity contribution in [2.45, 2.75) is 25.9 Å². The number of guanidine groups is 1. The molecule has 6 nitrogen and oxygen atoms in total. The number of benzene rings is 2. The van der Waals surface area contributed by atoms with Crippen molar-refractivity contribution < 1.29 is 13.9 Å². The first-order valence-corrected chi connectivity index (χ1v) is 9.72. The zero-order valence-electron chi connectivity index (χ0n) is 17.9. The van der Waals surface area contributed by atoms with E-state index in [1.807, 2.05) is 24.3 Å². The monoisotopic (exact) mass is 528 g/mol. The smallest absolute Gasteiger partial charge is 0.191 e. The van der Waals surface area contributed by atoms with Gasteiger partial charge in [0.05, 0.1) is 14.2 Å². The SMILES string of the molecule is CN=C(NCc1ccc(F)c(C)c1)NC1CCN(c2cc(OC)cc(OC)c2)C1.I. The molecule has 2 N–H and O–H groups in total. The summed E-state index contributed by atoms with van der Waals surface area (Å²) in [6.45, 7) is 4.14. The highest BCUT2D eigenvalue weighted by Crippen LogP contribution is 2.30. The van der Waals surface area contributed by atoms with Crippen LogP contribution in [-0.4, -0.2) is 46.4 Å². The van der Waals surface area contributed by atoms with E-state index in [0.29, 0.717) is 12.1 Å². The van der Waals surface area contributed by atoms with Gasteiger partial charge in [0.25, 0.3) is 0 Å². The third kappa shape index (κ3) is 6.13. The first kappa shape index (κ1) is 24.0. The molecule has 0 amide bonds. The lowest BCUT2D eigenvalue weighted by Gasteiger charge is -2.21. The largest absolute Gasteiger partial charge is 0.497 e. The van der Waals surface area contributed by atoms with E-state index in [1.165, 1.54) is 6.07 Å². The van der Waals surface area contributed by atoms with Crippen molar-refractivity contribution >= 4 is 35.6 Å². The lowest BCUT2D eigenvalue weighted by atomic mass is 10.1. The lowest BCUT2D eigenvalue weighted by Crippen LogP contribution is -2.44. The summed E-state index contributed by atoms with van der Waals surface area (Å²) in [5.41, 5.74) is 2.74. The normalized spacial score (nSPS) is 16.1. The van der Waals surface area contributed by atoms with Gasteiger partial charge in [-0.1, -0.05) is 12.1 Å². The van der Waals surface area contributed by atoms with Crippen LogP contribution in [0.5, 0.6) is 11.5 Å². The minimum atomic E-state index is -0.184. The molecule has 1 heterocycles. The highest BCUT2D eigenvalue weighted by Gasteiger charge is 2.24. The molecule has 0 aliphatic carbocycles. The summed E-state index contributed by atoms with van der Waals surface area (Å²) in [5.74, 6) is 2.11. The fourth-order valence-corrected chi connectivity index (χ4v) is 3.48. The van der Waals surface area contributed by atoms with Gasteiger partial charge < -0.3 is 25.0 Å². The van der Waals surface area contributed by atoms with E-state index >= 15 is 0 Å². The van der Waals surface area contributed by atoms with Crippen molar-refractivity contribution in [3.05, 3.63) is 53.3 Å². The lowest BCUT2D eigenvalue weighted by molar-refractivity contribution is 0.394. The van der Waals surface area contributed by atoms with E-state index < -0.39 is 0 Å². The van der Waals surface area contributed by atoms with Crippen LogP contribution in [-0.2, 0) is 6.54 Å². The van der Waals surface area contributed by atoms with E-state index in [1.54, 1.807) is 34.3 Å². The van der Waals surface area contributed by atoms with Crippen molar-refractivity contribution in [2.75, 3.05) is 39.3 Å². The van der Waals surface area contributed by atoms with Crippen LogP contribution in [0.25, 0.3) is 0 Å². The van der Waals surface area contributed by atoms with Crippen LogP contribution in [0.1, 0.15) is 17.5 Å². The molecule has 0 saturated carbocycles. The van der Waals surface area contributed by atoms with Crippen molar-refractivity contribution in [3.8, 4) is 11.5 Å². The second kappa shape index (κ2) is 11.2. The van der Waals surface area contributed by atoms with Gasteiger partial charge in [0.2, 0.25) is 0 Å². The quantitative estimate of drug-likeness (QED) is 0.340. The molecule has 1 aliphatic heterocycles. The Morgan fingerprint density at radius 2 is 1.87 bits per heavy atom. The number of hydrogen-bond donors (Lipinski definition) is 2. The average molecular weight is 528 g/mol. The van der Waals surface area contributed by atoms with Crippen molar-refractivity contribution in [3.63, 3.8) is 0 Å². The summed E-state index contributed by atoms with van der Waals surface area (Å²) in [6.07, 6.45) is 0.996. The van der Waals surface area contributed by atoms with E-state index in [2.05, 4.69) is 20.5 Å². The molecule has 0 bridgehead atoms. The maximum absolute atomic E-state index is 13.4. The number of nitrogens with one attached hydrogen (secondary N) is 2. The number of anilines is 1. The third-order valence-corrected chi connectivity index (χ3v) is 5.14. The van der Waals surface area contributed by atoms with Crippen LogP contribution < -0.4 is 25.0 Å². The summed E-state index contributed by atoms with van der Waals surface area (Å²) < 4.78 is 24.2. The minimum Gasteiger partial charge on any atom is -0.497 e. The van der Waals surface area contributed by atoms with Crippen molar-refractivity contribution in [1.82, 2.24) is 10.6 Å². The second-order valence-electron chi connectivity index (χ2n) is 7.16. The second-order valence-corrected chi connectivity index (χ2v) is 7.16. The van der Waals surface area contributed by atoms with Crippen molar-refractivity contribution in [1.29, 1.82) is 0 Å². The molecule has 164 valence electrons. The Hall–Kier alpha value is -2.23. The Morgan fingerprint density at radius 1 is 1.17 bits per heavy atom. The zero-order chi connectivity index (χ0) is 20.8. The van der Waals surface area contributed by atoms with Gasteiger partial charge in [-0.05, 0) is 30.5 Å². The minimum absolute atomic E-state index is 0. The van der Waals surface area contributed by atoms with Gasteiger partial charge in [0, 0.05) is 56.6 Å². The zero-order valence-corrected chi connectivity index (χ0v) is 20.2. The number of rotatable bonds is 6. The number of aryl methyl sites for hydroxylation is 1. The molecule has 1 atom stereocenters. The number of aliphatic imine (C=N–C) groups is 1. The Bertz CT molecular complexity index is 856. The number of methoxy groups -OCH3 is 2. The predicted octanol–water partition coefficient (Wildman–Crippen LogP) is 3.71. The number of hydrogen-bond acceptors (Lipinski definition) is 4. The predicted molar refractivity (Wildman–Crippen MR) is 130 cm³/mol. The Morgan fingerprint density at radius 3 is 2.47 bits per heavy atom. The molecule has 2 aromatic rings. The van der Waals surface area contributed by atoms with Gasteiger partial charge in [-0.25, -0.2) is 4.39 Å². The van der Waals surface area contributed by atoms with Crippen LogP contribution in [0.4, 0.5) is 10.1 Å². The highest BCUT2D eigenvalue weighted by molar-refractivity contribution is 14.0. The molecule has 1 saturated heterocycles. The maximum atomic E-state index is 13.4. The molecule has 1 unspecified atom stereocenters. The standard InChI is InChI=1S/C22H29FN4O2.HI/c1-15-9-16(5-6-21(15)23)13-25-22(24-2)26-17-7-8-27(14-17)18-10-19(28-3)12-20(11-18)29-4;/h5-6,9-12,17H,7-8,13-14H2,1-4H3,(H2,24,25,26);1H. The van der Waals surface area contributed by atoms with Crippen LogP contribution in [0.3, 0.4) is 0 Å². The van der Waals surface area contributed by atoms with Gasteiger partial charge in [0.15, 0.2) is 5.96 Å². The van der Waals surface area contributed by atoms with Crippen molar-refractivity contribution in [2.24, 2.45) is 4.99 Å². The van der Waals surface area contributed by atoms with Crippen LogP contribution in [0.15, 0.2) is 41.4 Å². The van der Waals surface area contributed by atoms with E-state index in [9.17, 15) is 4.39 Å². The van der Waals surface area contributed by atoms with Crippen LogP contribution >= 0.6 is 24.0 Å². The molecular weight excluding hydrogens is 498 g/mol. The third-order valence-electron chi connectivity index (χ3n) is 5.14. The molecule has 30 heavy (non-hydrogen) atoms. The first-order chi connectivity index (χ1) is 14.0. The molecule has 1 aliphatic rings. The van der Waals surface area contributed by atoms with Gasteiger partial charge >= 0.3 is 0 Å². The Balaban J connectivity index is 0.00000320. The number of ether oxygens (including phenoxy) is 2. The van der Waals surface area contributed by atoms with Crippen LogP contribution in [0.2, 0.25) is 0 Å². The number of nitrogens with zero attached hydrogens (tertiary/aromatic N) is 2. The molecule has 2 aromatic carbocycles. The molecule has 0 aromatic heterocycles. The van der Waals surface area contributed by atoms with Crippen LogP contribution in [0, 0.1) is 12.7 Å². The average Bonchev–Trinajstić information content (AvgIpc) is 3.21. The van der Waals surface area contributed by atoms with Gasteiger partial charge in [-0.3, -0.25) is 4.99 Å². The Kier molecular flexibility index (Phi) is 9.01. The molecule has 1 fully saturated rings. The molecule has 0 radical (unpaired) electrons. The molecule has 8 heteroatoms. The van der Waals surface area contributed by atoms with E-state index in [-0.39, 0.29) is 35.8 Å². The Labute approximate surface area is 194 Å². The maximum Gasteiger partial charge on any atom is 0.191 e. The van der Waals surface area contributed by atoms with E-state index in [4.69, 9.17) is 9.47 Å². The molecule has 0 spiro atoms. The fraction of sp³-hybridized carbons (Fsp3) is 0.409. The fourth-order valence-electron chi connectivity index (χ4n) is 3.48. The summed E-state index contributed by atoms with van der Waals surface area (Å²) in [5, 5.41) is 6.79. The topological polar surface area (TPSA) is 58.1 Å². The number of halogens is 2. The van der Waals surface area contributed by atoms with Gasteiger partial charge in [0.1, 0.15) is 17.3 Å².